The Labute approximate surface area is 97.3 Å². The molecule has 1 N–H and O–H groups in total. The van der Waals surface area contributed by atoms with Crippen molar-refractivity contribution >= 4 is 0 Å². The molecule has 16 heavy (non-hydrogen) atoms. The first kappa shape index (κ1) is 11.2. The third kappa shape index (κ3) is 2.62. The zero-order valence-corrected chi connectivity index (χ0v) is 9.74. The van der Waals surface area contributed by atoms with Crippen LogP contribution in [-0.4, -0.2) is 12.6 Å². The van der Waals surface area contributed by atoms with Crippen LogP contribution in [0.15, 0.2) is 24.3 Å². The highest BCUT2D eigenvalue weighted by Crippen LogP contribution is 2.36. The molecular weight excluding hydrogens is 196 g/mol. The van der Waals surface area contributed by atoms with Crippen LogP contribution in [0, 0.1) is 18.3 Å². The van der Waals surface area contributed by atoms with E-state index in [4.69, 9.17) is 5.26 Å². The molecule has 0 heterocycles. The van der Waals surface area contributed by atoms with Crippen molar-refractivity contribution in [3.05, 3.63) is 35.4 Å². The third-order valence-electron chi connectivity index (χ3n) is 3.36. The summed E-state index contributed by atoms with van der Waals surface area (Å²) in [7, 11) is 0. The molecule has 1 aromatic carbocycles. The molecule has 0 aliphatic heterocycles. The van der Waals surface area contributed by atoms with E-state index in [1.807, 2.05) is 0 Å². The minimum absolute atomic E-state index is 0.617. The lowest BCUT2D eigenvalue weighted by Crippen LogP contribution is -2.40. The van der Waals surface area contributed by atoms with Gasteiger partial charge in [0.05, 0.1) is 6.07 Å². The number of nitrogens with zero attached hydrogens (tertiary/aromatic N) is 1. The lowest BCUT2D eigenvalue weighted by molar-refractivity contribution is 0.293. The number of rotatable bonds is 4. The van der Waals surface area contributed by atoms with Gasteiger partial charge in [0.2, 0.25) is 0 Å². The number of aryl methyl sites for hydroxylation is 1. The number of hydrogen-bond acceptors (Lipinski definition) is 2. The van der Waals surface area contributed by atoms with Gasteiger partial charge >= 0.3 is 0 Å². The van der Waals surface area contributed by atoms with Gasteiger partial charge in [0, 0.05) is 19.0 Å². The number of benzene rings is 1. The van der Waals surface area contributed by atoms with Gasteiger partial charge in [0.15, 0.2) is 0 Å². The molecule has 0 spiro atoms. The van der Waals surface area contributed by atoms with Crippen molar-refractivity contribution in [3.63, 3.8) is 0 Å². The summed E-state index contributed by atoms with van der Waals surface area (Å²) in [5.74, 6) is 0.722. The number of nitriles is 1. The van der Waals surface area contributed by atoms with Gasteiger partial charge in [-0.05, 0) is 31.2 Å². The molecule has 2 rings (SSSR count). The average molecular weight is 214 g/mol. The van der Waals surface area contributed by atoms with Crippen LogP contribution in [0.2, 0.25) is 0 Å². The summed E-state index contributed by atoms with van der Waals surface area (Å²) in [6.45, 7) is 2.96. The van der Waals surface area contributed by atoms with E-state index < -0.39 is 0 Å². The molecule has 1 aliphatic carbocycles. The van der Waals surface area contributed by atoms with Gasteiger partial charge in [-0.1, -0.05) is 29.8 Å². The first-order valence-corrected chi connectivity index (χ1v) is 5.96. The van der Waals surface area contributed by atoms with E-state index in [2.05, 4.69) is 42.6 Å². The molecule has 0 aromatic heterocycles. The Hall–Kier alpha value is -1.33. The van der Waals surface area contributed by atoms with E-state index in [9.17, 15) is 0 Å². The maximum atomic E-state index is 8.44. The predicted octanol–water partition coefficient (Wildman–Crippen LogP) is 2.74. The topological polar surface area (TPSA) is 35.8 Å². The van der Waals surface area contributed by atoms with Crippen molar-refractivity contribution in [2.75, 3.05) is 6.54 Å². The van der Waals surface area contributed by atoms with Crippen molar-refractivity contribution < 1.29 is 0 Å². The van der Waals surface area contributed by atoms with E-state index in [0.717, 1.165) is 12.5 Å². The first-order chi connectivity index (χ1) is 7.79. The average Bonchev–Trinajstić information content (AvgIpc) is 2.23. The monoisotopic (exact) mass is 214 g/mol. The first-order valence-electron chi connectivity index (χ1n) is 5.96. The Bertz CT molecular complexity index is 369. The smallest absolute Gasteiger partial charge is 0.0635 e. The van der Waals surface area contributed by atoms with Gasteiger partial charge in [0.1, 0.15) is 0 Å². The molecule has 0 bridgehead atoms. The van der Waals surface area contributed by atoms with Crippen molar-refractivity contribution in [1.29, 1.82) is 5.26 Å². The molecule has 1 aliphatic rings. The molecule has 2 heteroatoms. The Balaban J connectivity index is 1.76. The fourth-order valence-electron chi connectivity index (χ4n) is 2.23. The fraction of sp³-hybridized carbons (Fsp3) is 0.500. The van der Waals surface area contributed by atoms with E-state index in [1.165, 1.54) is 24.0 Å². The molecule has 0 saturated heterocycles. The second-order valence-electron chi connectivity index (χ2n) is 4.64. The maximum Gasteiger partial charge on any atom is 0.0635 e. The Morgan fingerprint density at radius 2 is 2.00 bits per heavy atom. The van der Waals surface area contributed by atoms with Crippen LogP contribution in [-0.2, 0) is 0 Å². The lowest BCUT2D eigenvalue weighted by atomic mass is 9.76. The van der Waals surface area contributed by atoms with Crippen LogP contribution in [0.5, 0.6) is 0 Å². The third-order valence-corrected chi connectivity index (χ3v) is 3.36. The van der Waals surface area contributed by atoms with Crippen LogP contribution in [0.3, 0.4) is 0 Å². The van der Waals surface area contributed by atoms with Crippen molar-refractivity contribution in [2.24, 2.45) is 0 Å². The van der Waals surface area contributed by atoms with E-state index in [1.54, 1.807) is 0 Å². The molecule has 1 fully saturated rings. The summed E-state index contributed by atoms with van der Waals surface area (Å²) in [6, 6.07) is 11.6. The highest BCUT2D eigenvalue weighted by atomic mass is 14.9. The zero-order valence-electron chi connectivity index (χ0n) is 9.74. The quantitative estimate of drug-likeness (QED) is 0.782. The minimum Gasteiger partial charge on any atom is -0.313 e. The zero-order chi connectivity index (χ0) is 11.4. The summed E-state index contributed by atoms with van der Waals surface area (Å²) >= 11 is 0. The Kier molecular flexibility index (Phi) is 3.58. The van der Waals surface area contributed by atoms with Gasteiger partial charge in [-0.25, -0.2) is 0 Å². The van der Waals surface area contributed by atoms with Crippen LogP contribution >= 0.6 is 0 Å². The lowest BCUT2D eigenvalue weighted by Gasteiger charge is -2.36. The van der Waals surface area contributed by atoms with E-state index in [0.29, 0.717) is 12.5 Å². The normalized spacial score (nSPS) is 23.5. The van der Waals surface area contributed by atoms with Crippen molar-refractivity contribution in [2.45, 2.75) is 38.1 Å². The van der Waals surface area contributed by atoms with Gasteiger partial charge in [-0.2, -0.15) is 5.26 Å². The van der Waals surface area contributed by atoms with Crippen molar-refractivity contribution in [3.8, 4) is 6.07 Å². The van der Waals surface area contributed by atoms with Gasteiger partial charge in [-0.15, -0.1) is 0 Å². The molecule has 1 saturated carbocycles. The summed E-state index contributed by atoms with van der Waals surface area (Å²) in [4.78, 5) is 0. The van der Waals surface area contributed by atoms with Gasteiger partial charge in [0.25, 0.3) is 0 Å². The fourth-order valence-corrected chi connectivity index (χ4v) is 2.23. The number of nitrogens with one attached hydrogen (secondary N) is 1. The SMILES string of the molecule is Cc1ccc(C2CC(NCCC#N)C2)cc1. The summed E-state index contributed by atoms with van der Waals surface area (Å²) in [6.07, 6.45) is 3.05. The molecule has 1 aromatic rings. The van der Waals surface area contributed by atoms with Crippen molar-refractivity contribution in [1.82, 2.24) is 5.32 Å². The van der Waals surface area contributed by atoms with Crippen LogP contribution < -0.4 is 5.32 Å². The number of hydrogen-bond donors (Lipinski definition) is 1. The highest BCUT2D eigenvalue weighted by molar-refractivity contribution is 5.26. The largest absolute Gasteiger partial charge is 0.313 e. The van der Waals surface area contributed by atoms with Crippen LogP contribution in [0.4, 0.5) is 0 Å². The highest BCUT2D eigenvalue weighted by Gasteiger charge is 2.29. The molecular formula is C14H18N2. The van der Waals surface area contributed by atoms with Gasteiger partial charge < -0.3 is 5.32 Å². The Morgan fingerprint density at radius 1 is 1.31 bits per heavy atom. The van der Waals surface area contributed by atoms with Crippen LogP contribution in [0.1, 0.15) is 36.3 Å². The Morgan fingerprint density at radius 3 is 2.62 bits per heavy atom. The summed E-state index contributed by atoms with van der Waals surface area (Å²) < 4.78 is 0. The minimum atomic E-state index is 0.617. The van der Waals surface area contributed by atoms with E-state index >= 15 is 0 Å². The van der Waals surface area contributed by atoms with Gasteiger partial charge in [-0.3, -0.25) is 0 Å². The molecule has 0 amide bonds. The second-order valence-corrected chi connectivity index (χ2v) is 4.64. The molecule has 2 nitrogen and oxygen atoms in total. The summed E-state index contributed by atoms with van der Waals surface area (Å²) in [5.41, 5.74) is 2.79. The van der Waals surface area contributed by atoms with Crippen LogP contribution in [0.25, 0.3) is 0 Å². The second kappa shape index (κ2) is 5.14. The molecule has 0 unspecified atom stereocenters. The molecule has 84 valence electrons. The molecule has 0 radical (unpaired) electrons. The standard InChI is InChI=1S/C14H18N2/c1-11-3-5-12(6-4-11)13-9-14(10-13)16-8-2-7-15/h3-6,13-14,16H,2,8-10H2,1H3. The molecule has 0 atom stereocenters. The predicted molar refractivity (Wildman–Crippen MR) is 65.2 cm³/mol. The van der Waals surface area contributed by atoms with E-state index in [-0.39, 0.29) is 0 Å². The maximum absolute atomic E-state index is 8.44. The summed E-state index contributed by atoms with van der Waals surface area (Å²) in [5, 5.41) is 11.8.